The lowest BCUT2D eigenvalue weighted by Gasteiger charge is -2.15. The van der Waals surface area contributed by atoms with Crippen molar-refractivity contribution >= 4 is 34.8 Å². The highest BCUT2D eigenvalue weighted by molar-refractivity contribution is 6.37. The highest BCUT2D eigenvalue weighted by Gasteiger charge is 2.09. The number of anilines is 2. The molecule has 0 radical (unpaired) electrons. The van der Waals surface area contributed by atoms with Gasteiger partial charge in [0.15, 0.2) is 0 Å². The van der Waals surface area contributed by atoms with Crippen LogP contribution < -0.4 is 10.6 Å². The topological polar surface area (TPSA) is 37.0 Å². The third-order valence-corrected chi connectivity index (χ3v) is 2.74. The van der Waals surface area contributed by atoms with E-state index >= 15 is 0 Å². The minimum Gasteiger partial charge on any atom is -0.372 e. The van der Waals surface area contributed by atoms with Gasteiger partial charge in [0.2, 0.25) is 0 Å². The fraction of sp³-hybridized carbons (Fsp3) is 0.500. The van der Waals surface area contributed by atoms with Gasteiger partial charge in [-0.05, 0) is 19.4 Å². The predicted molar refractivity (Wildman–Crippen MR) is 67.2 cm³/mol. The summed E-state index contributed by atoms with van der Waals surface area (Å²) in [6, 6.07) is 2.02. The van der Waals surface area contributed by atoms with Crippen molar-refractivity contribution in [2.45, 2.75) is 26.3 Å². The fourth-order valence-corrected chi connectivity index (χ4v) is 1.59. The Hall–Kier alpha value is -0.670. The van der Waals surface area contributed by atoms with Crippen LogP contribution in [0.2, 0.25) is 10.0 Å². The van der Waals surface area contributed by atoms with Crippen molar-refractivity contribution in [3.63, 3.8) is 0 Å². The predicted octanol–water partition coefficient (Wildman–Crippen LogP) is 3.64. The Morgan fingerprint density at radius 3 is 2.47 bits per heavy atom. The number of nitrogens with one attached hydrogen (secondary N) is 2. The third-order valence-electron chi connectivity index (χ3n) is 2.16. The van der Waals surface area contributed by atoms with Crippen molar-refractivity contribution in [1.82, 2.24) is 4.98 Å². The number of hydrogen-bond acceptors (Lipinski definition) is 3. The van der Waals surface area contributed by atoms with E-state index in [1.165, 1.54) is 0 Å². The van der Waals surface area contributed by atoms with Crippen LogP contribution in [-0.4, -0.2) is 18.1 Å². The second-order valence-electron chi connectivity index (χ2n) is 3.35. The van der Waals surface area contributed by atoms with Gasteiger partial charge in [-0.15, -0.1) is 0 Å². The van der Waals surface area contributed by atoms with Crippen LogP contribution in [0.3, 0.4) is 0 Å². The highest BCUT2D eigenvalue weighted by Crippen LogP contribution is 2.29. The minimum atomic E-state index is 0.334. The molecule has 1 heterocycles. The molecular formula is C10H15Cl2N3. The van der Waals surface area contributed by atoms with E-state index < -0.39 is 0 Å². The molecule has 0 amide bonds. The second kappa shape index (κ2) is 5.42. The molecule has 0 aliphatic rings. The lowest BCUT2D eigenvalue weighted by atomic mass is 10.2. The first-order valence-electron chi connectivity index (χ1n) is 4.88. The molecule has 0 aromatic carbocycles. The largest absolute Gasteiger partial charge is 0.372 e. The Morgan fingerprint density at radius 2 is 1.93 bits per heavy atom. The molecule has 84 valence electrons. The molecule has 5 heteroatoms. The molecule has 3 nitrogen and oxygen atoms in total. The van der Waals surface area contributed by atoms with Crippen molar-refractivity contribution in [1.29, 1.82) is 0 Å². The number of pyridine rings is 1. The summed E-state index contributed by atoms with van der Waals surface area (Å²) in [5, 5.41) is 7.20. The quantitative estimate of drug-likeness (QED) is 0.854. The van der Waals surface area contributed by atoms with Crippen LogP contribution in [0.1, 0.15) is 20.3 Å². The molecule has 0 bridgehead atoms. The highest BCUT2D eigenvalue weighted by atomic mass is 35.5. The maximum atomic E-state index is 6.02. The summed E-state index contributed by atoms with van der Waals surface area (Å²) < 4.78 is 0. The van der Waals surface area contributed by atoms with Gasteiger partial charge in [-0.25, -0.2) is 4.98 Å². The van der Waals surface area contributed by atoms with E-state index in [9.17, 15) is 0 Å². The molecule has 1 rings (SSSR count). The lowest BCUT2D eigenvalue weighted by molar-refractivity contribution is 0.759. The summed E-state index contributed by atoms with van der Waals surface area (Å²) in [4.78, 5) is 4.29. The zero-order valence-electron chi connectivity index (χ0n) is 9.06. The molecule has 1 aromatic rings. The van der Waals surface area contributed by atoms with Crippen LogP contribution in [0.5, 0.6) is 0 Å². The Morgan fingerprint density at radius 1 is 1.33 bits per heavy atom. The molecule has 1 unspecified atom stereocenters. The molecule has 1 atom stereocenters. The van der Waals surface area contributed by atoms with Crippen LogP contribution in [-0.2, 0) is 0 Å². The molecule has 0 fully saturated rings. The Balaban J connectivity index is 2.97. The first kappa shape index (κ1) is 12.4. The Kier molecular flexibility index (Phi) is 4.48. The SMILES string of the molecule is CCC(C)Nc1nc(NC)c(Cl)cc1Cl. The van der Waals surface area contributed by atoms with Gasteiger partial charge in [0, 0.05) is 13.1 Å². The van der Waals surface area contributed by atoms with Gasteiger partial charge in [-0.1, -0.05) is 30.1 Å². The van der Waals surface area contributed by atoms with Crippen LogP contribution in [0.4, 0.5) is 11.6 Å². The van der Waals surface area contributed by atoms with E-state index in [1.54, 1.807) is 13.1 Å². The van der Waals surface area contributed by atoms with Crippen molar-refractivity contribution in [3.05, 3.63) is 16.1 Å². The summed E-state index contributed by atoms with van der Waals surface area (Å²) in [6.45, 7) is 4.17. The zero-order valence-corrected chi connectivity index (χ0v) is 10.6. The first-order valence-corrected chi connectivity index (χ1v) is 5.64. The zero-order chi connectivity index (χ0) is 11.4. The number of halogens is 2. The van der Waals surface area contributed by atoms with Crippen LogP contribution in [0.15, 0.2) is 6.07 Å². The monoisotopic (exact) mass is 247 g/mol. The van der Waals surface area contributed by atoms with E-state index in [1.807, 2.05) is 0 Å². The average molecular weight is 248 g/mol. The number of aromatic nitrogens is 1. The first-order chi connectivity index (χ1) is 7.08. The van der Waals surface area contributed by atoms with Crippen LogP contribution in [0.25, 0.3) is 0 Å². The number of nitrogens with zero attached hydrogens (tertiary/aromatic N) is 1. The Labute approximate surface area is 100 Å². The smallest absolute Gasteiger partial charge is 0.147 e. The summed E-state index contributed by atoms with van der Waals surface area (Å²) in [5.74, 6) is 1.30. The molecule has 2 N–H and O–H groups in total. The van der Waals surface area contributed by atoms with Gasteiger partial charge in [-0.3, -0.25) is 0 Å². The van der Waals surface area contributed by atoms with Gasteiger partial charge >= 0.3 is 0 Å². The van der Waals surface area contributed by atoms with Gasteiger partial charge in [0.25, 0.3) is 0 Å². The molecule has 0 aliphatic heterocycles. The maximum absolute atomic E-state index is 6.02. The minimum absolute atomic E-state index is 0.334. The van der Waals surface area contributed by atoms with Crippen molar-refractivity contribution < 1.29 is 0 Å². The fourth-order valence-electron chi connectivity index (χ4n) is 1.08. The summed E-state index contributed by atoms with van der Waals surface area (Å²) >= 11 is 12.0. The van der Waals surface area contributed by atoms with Gasteiger partial charge in [0.05, 0.1) is 10.0 Å². The second-order valence-corrected chi connectivity index (χ2v) is 4.17. The van der Waals surface area contributed by atoms with Gasteiger partial charge in [-0.2, -0.15) is 0 Å². The molecule has 0 saturated heterocycles. The maximum Gasteiger partial charge on any atom is 0.147 e. The number of rotatable bonds is 4. The normalized spacial score (nSPS) is 12.3. The van der Waals surface area contributed by atoms with E-state index in [2.05, 4.69) is 29.5 Å². The molecule has 1 aromatic heterocycles. The molecule has 15 heavy (non-hydrogen) atoms. The lowest BCUT2D eigenvalue weighted by Crippen LogP contribution is -2.15. The number of hydrogen-bond donors (Lipinski definition) is 2. The van der Waals surface area contributed by atoms with Crippen molar-refractivity contribution in [3.8, 4) is 0 Å². The molecular weight excluding hydrogens is 233 g/mol. The summed E-state index contributed by atoms with van der Waals surface area (Å²) in [5.41, 5.74) is 0. The van der Waals surface area contributed by atoms with Gasteiger partial charge in [0.1, 0.15) is 11.6 Å². The van der Waals surface area contributed by atoms with Gasteiger partial charge < -0.3 is 10.6 Å². The van der Waals surface area contributed by atoms with E-state index in [0.29, 0.717) is 27.7 Å². The summed E-state index contributed by atoms with van der Waals surface area (Å²) in [7, 11) is 1.77. The van der Waals surface area contributed by atoms with E-state index in [0.717, 1.165) is 6.42 Å². The van der Waals surface area contributed by atoms with E-state index in [-0.39, 0.29) is 0 Å². The van der Waals surface area contributed by atoms with Crippen molar-refractivity contribution in [2.75, 3.05) is 17.7 Å². The standard InChI is InChI=1S/C10H15Cl2N3/c1-4-6(2)14-10-8(12)5-7(11)9(13-3)15-10/h5-6H,4H2,1-3H3,(H2,13,14,15). The average Bonchev–Trinajstić information content (AvgIpc) is 2.21. The van der Waals surface area contributed by atoms with E-state index in [4.69, 9.17) is 23.2 Å². The summed E-state index contributed by atoms with van der Waals surface area (Å²) in [6.07, 6.45) is 1.01. The molecule has 0 aliphatic carbocycles. The van der Waals surface area contributed by atoms with Crippen LogP contribution in [0, 0.1) is 0 Å². The van der Waals surface area contributed by atoms with Crippen LogP contribution >= 0.6 is 23.2 Å². The Bertz CT molecular complexity index is 342. The molecule has 0 saturated carbocycles. The molecule has 0 spiro atoms. The van der Waals surface area contributed by atoms with Crippen molar-refractivity contribution in [2.24, 2.45) is 0 Å². The third kappa shape index (κ3) is 3.14.